The topological polar surface area (TPSA) is 178 Å². The third-order valence-electron chi connectivity index (χ3n) is 11.9. The third kappa shape index (κ3) is 6.25. The zero-order valence-electron chi connectivity index (χ0n) is 31.8. The summed E-state index contributed by atoms with van der Waals surface area (Å²) in [6, 6.07) is 20.0. The number of hydrogen-bond acceptors (Lipinski definition) is 11. The molecule has 2 aliphatic heterocycles. The average Bonchev–Trinajstić information content (AvgIpc) is 3.62. The van der Waals surface area contributed by atoms with Gasteiger partial charge in [-0.15, -0.1) is 0 Å². The van der Waals surface area contributed by atoms with E-state index in [1.54, 1.807) is 60.7 Å². The van der Waals surface area contributed by atoms with Crippen molar-refractivity contribution < 1.29 is 43.4 Å². The van der Waals surface area contributed by atoms with Gasteiger partial charge in [-0.1, -0.05) is 65.2 Å². The molecule has 1 saturated carbocycles. The second kappa shape index (κ2) is 15.1. The molecule has 0 radical (unpaired) electrons. The van der Waals surface area contributed by atoms with E-state index in [1.807, 2.05) is 6.08 Å². The maximum atomic E-state index is 15.4. The highest BCUT2D eigenvalue weighted by Crippen LogP contribution is 2.62. The Morgan fingerprint density at radius 2 is 1.59 bits per heavy atom. The molecule has 2 N–H and O–H groups in total. The maximum absolute atomic E-state index is 15.4. The number of hydrazine groups is 1. The normalized spacial score (nSPS) is 24.8. The Morgan fingerprint density at radius 1 is 0.881 bits per heavy atom. The minimum atomic E-state index is -1.61. The summed E-state index contributed by atoms with van der Waals surface area (Å²) in [6.07, 6.45) is 5.54. The van der Waals surface area contributed by atoms with Gasteiger partial charge in [-0.3, -0.25) is 34.7 Å². The highest BCUT2D eigenvalue weighted by atomic mass is 35.5. The van der Waals surface area contributed by atoms with E-state index in [9.17, 15) is 29.6 Å². The number of amides is 4. The van der Waals surface area contributed by atoms with Crippen molar-refractivity contribution in [3.8, 4) is 23.0 Å². The minimum Gasteiger partial charge on any atom is -0.502 e. The molecule has 2 aliphatic carbocycles. The van der Waals surface area contributed by atoms with E-state index in [2.05, 4.69) is 5.43 Å². The predicted molar refractivity (Wildman–Crippen MR) is 217 cm³/mol. The molecule has 0 spiro atoms. The number of hydrogen-bond donors (Lipinski definition) is 2. The summed E-state index contributed by atoms with van der Waals surface area (Å²) in [5.74, 6) is -6.14. The standard InChI is InChI=1S/C43H36Cl2N4O10/c1-57-27-11-8-23(9-12-27)43-31(15-7-22-17-35(58-2)38(50)36(18-22)59-3)28-13-14-29-37(41(53)47(39(29)51)25-5-4-6-26(20-25)49(55)56)30(28)21-32(43)40(52)48(42(43)54)46-34-16-10-24(44)19-33(34)45/h4-13,15-20,29-32,37,46,50H,14,21H2,1-3H3/t29-,30+,31-,32-,37-,43-/m0/s1. The highest BCUT2D eigenvalue weighted by Gasteiger charge is 2.69. The minimum absolute atomic E-state index is 0.00310. The van der Waals surface area contributed by atoms with E-state index in [1.165, 1.54) is 51.7 Å². The van der Waals surface area contributed by atoms with Crippen molar-refractivity contribution in [2.75, 3.05) is 31.7 Å². The largest absolute Gasteiger partial charge is 0.502 e. The second-order valence-corrected chi connectivity index (χ2v) is 15.5. The second-order valence-electron chi connectivity index (χ2n) is 14.7. The van der Waals surface area contributed by atoms with Crippen LogP contribution in [-0.2, 0) is 24.6 Å². The Morgan fingerprint density at radius 3 is 2.24 bits per heavy atom. The van der Waals surface area contributed by atoms with E-state index in [4.69, 9.17) is 37.4 Å². The number of carbonyl (C=O) groups is 4. The number of fused-ring (bicyclic) bond motifs is 4. The van der Waals surface area contributed by atoms with Crippen LogP contribution in [0.15, 0.2) is 96.6 Å². The monoisotopic (exact) mass is 838 g/mol. The zero-order valence-corrected chi connectivity index (χ0v) is 33.3. The summed E-state index contributed by atoms with van der Waals surface area (Å²) < 4.78 is 16.3. The van der Waals surface area contributed by atoms with Gasteiger partial charge in [0.1, 0.15) is 5.75 Å². The number of nitrogens with one attached hydrogen (secondary N) is 1. The lowest BCUT2D eigenvalue weighted by Gasteiger charge is -2.49. The Labute approximate surface area is 347 Å². The van der Waals surface area contributed by atoms with Crippen molar-refractivity contribution in [1.82, 2.24) is 5.01 Å². The first-order chi connectivity index (χ1) is 28.3. The summed E-state index contributed by atoms with van der Waals surface area (Å²) >= 11 is 12.7. The van der Waals surface area contributed by atoms with Crippen LogP contribution in [0.2, 0.25) is 10.0 Å². The Bertz CT molecular complexity index is 2480. The molecule has 2 saturated heterocycles. The molecular formula is C43H36Cl2N4O10. The number of phenols is 1. The number of carbonyl (C=O) groups excluding carboxylic acids is 4. The molecule has 2 heterocycles. The van der Waals surface area contributed by atoms with E-state index in [0.717, 1.165) is 9.91 Å². The number of nitrogens with zero attached hydrogens (tertiary/aromatic N) is 3. The molecule has 3 fully saturated rings. The fraction of sp³-hybridized carbons (Fsp3) is 0.256. The molecule has 0 unspecified atom stereocenters. The molecule has 16 heteroatoms. The number of imide groups is 2. The number of benzene rings is 4. The fourth-order valence-corrected chi connectivity index (χ4v) is 9.76. The quantitative estimate of drug-likeness (QED) is 0.0706. The predicted octanol–water partition coefficient (Wildman–Crippen LogP) is 7.37. The van der Waals surface area contributed by atoms with Crippen LogP contribution in [-0.4, -0.2) is 60.0 Å². The van der Waals surface area contributed by atoms with Crippen LogP contribution in [0.3, 0.4) is 0 Å². The summed E-state index contributed by atoms with van der Waals surface area (Å²) in [6.45, 7) is 0. The first kappa shape index (κ1) is 39.4. The summed E-state index contributed by atoms with van der Waals surface area (Å²) in [7, 11) is 4.31. The molecule has 4 aliphatic rings. The number of rotatable bonds is 10. The highest BCUT2D eigenvalue weighted by molar-refractivity contribution is 6.36. The molecule has 4 aromatic rings. The lowest BCUT2D eigenvalue weighted by Crippen LogP contribution is -2.54. The van der Waals surface area contributed by atoms with Crippen molar-refractivity contribution in [2.24, 2.45) is 29.6 Å². The van der Waals surface area contributed by atoms with E-state index in [0.29, 0.717) is 27.5 Å². The van der Waals surface area contributed by atoms with Gasteiger partial charge in [0.2, 0.25) is 17.6 Å². The third-order valence-corrected chi connectivity index (χ3v) is 12.5. The Balaban J connectivity index is 1.31. The van der Waals surface area contributed by atoms with Gasteiger partial charge in [-0.05, 0) is 78.4 Å². The lowest BCUT2D eigenvalue weighted by atomic mass is 9.50. The van der Waals surface area contributed by atoms with Crippen molar-refractivity contribution in [3.05, 3.63) is 128 Å². The smallest absolute Gasteiger partial charge is 0.271 e. The van der Waals surface area contributed by atoms with Crippen LogP contribution in [0.25, 0.3) is 6.08 Å². The fourth-order valence-electron chi connectivity index (χ4n) is 9.31. The lowest BCUT2D eigenvalue weighted by molar-refractivity contribution is -0.384. The number of anilines is 2. The molecule has 8 rings (SSSR count). The van der Waals surface area contributed by atoms with Crippen LogP contribution in [0.5, 0.6) is 23.0 Å². The van der Waals surface area contributed by atoms with Gasteiger partial charge in [0.25, 0.3) is 17.5 Å². The number of allylic oxidation sites excluding steroid dienone is 3. The van der Waals surface area contributed by atoms with Gasteiger partial charge in [0, 0.05) is 23.1 Å². The molecular weight excluding hydrogens is 803 g/mol. The number of non-ortho nitro benzene ring substituents is 1. The SMILES string of the molecule is COc1ccc([C@@]23C(=O)N(Nc4ccc(Cl)cc4Cl)C(=O)[C@@H]2C[C@@H]2C(=CC[C@@H]4C(=O)N(c5cccc([N+](=O)[O-])c5)C(=O)[C@@H]42)[C@@H]3C=Cc2cc(OC)c(O)c(OC)c2)cc1. The number of nitro benzene ring substituents is 1. The Hall–Kier alpha value is -6.38. The molecule has 4 amide bonds. The first-order valence-corrected chi connectivity index (χ1v) is 19.3. The van der Waals surface area contributed by atoms with Gasteiger partial charge in [0.15, 0.2) is 11.5 Å². The molecule has 59 heavy (non-hydrogen) atoms. The molecule has 302 valence electrons. The molecule has 14 nitrogen and oxygen atoms in total. The van der Waals surface area contributed by atoms with Crippen LogP contribution < -0.4 is 24.5 Å². The molecule has 0 bridgehead atoms. The van der Waals surface area contributed by atoms with Crippen molar-refractivity contribution in [3.63, 3.8) is 0 Å². The number of halogens is 2. The van der Waals surface area contributed by atoms with Crippen LogP contribution >= 0.6 is 23.2 Å². The number of phenolic OH excluding ortho intramolecular Hbond substituents is 1. The number of ether oxygens (including phenoxy) is 3. The zero-order chi connectivity index (χ0) is 41.9. The average molecular weight is 840 g/mol. The number of nitro groups is 1. The van der Waals surface area contributed by atoms with Crippen molar-refractivity contribution >= 4 is 70.0 Å². The Kier molecular flexibility index (Phi) is 10.1. The van der Waals surface area contributed by atoms with Gasteiger partial charge in [0.05, 0.1) is 65.8 Å². The maximum Gasteiger partial charge on any atom is 0.271 e. The molecule has 0 aromatic heterocycles. The van der Waals surface area contributed by atoms with Crippen LogP contribution in [0, 0.1) is 39.7 Å². The van der Waals surface area contributed by atoms with Crippen molar-refractivity contribution in [2.45, 2.75) is 18.3 Å². The van der Waals surface area contributed by atoms with E-state index >= 15 is 4.79 Å². The number of aromatic hydroxyl groups is 1. The summed E-state index contributed by atoms with van der Waals surface area (Å²) in [5, 5.41) is 23.8. The van der Waals surface area contributed by atoms with Gasteiger partial charge >= 0.3 is 0 Å². The van der Waals surface area contributed by atoms with Crippen LogP contribution in [0.1, 0.15) is 24.0 Å². The van der Waals surface area contributed by atoms with Gasteiger partial charge < -0.3 is 19.3 Å². The van der Waals surface area contributed by atoms with E-state index < -0.39 is 63.6 Å². The van der Waals surface area contributed by atoms with Crippen molar-refractivity contribution in [1.29, 1.82) is 0 Å². The first-order valence-electron chi connectivity index (χ1n) is 18.5. The summed E-state index contributed by atoms with van der Waals surface area (Å²) in [5.41, 5.74) is 3.07. The molecule has 6 atom stereocenters. The number of methoxy groups -OCH3 is 3. The molecule has 4 aromatic carbocycles. The summed E-state index contributed by atoms with van der Waals surface area (Å²) in [4.78, 5) is 71.2. The van der Waals surface area contributed by atoms with Gasteiger partial charge in [-0.25, -0.2) is 4.90 Å². The van der Waals surface area contributed by atoms with E-state index in [-0.39, 0.29) is 52.2 Å². The van der Waals surface area contributed by atoms with Gasteiger partial charge in [-0.2, -0.15) is 5.01 Å². The van der Waals surface area contributed by atoms with Crippen LogP contribution in [0.4, 0.5) is 17.1 Å².